The van der Waals surface area contributed by atoms with E-state index in [9.17, 15) is 9.18 Å². The summed E-state index contributed by atoms with van der Waals surface area (Å²) in [7, 11) is 0. The first-order chi connectivity index (χ1) is 9.58. The van der Waals surface area contributed by atoms with Crippen molar-refractivity contribution in [3.05, 3.63) is 59.9 Å². The molecule has 1 heterocycles. The fourth-order valence-corrected chi connectivity index (χ4v) is 1.94. The maximum atomic E-state index is 13.0. The van der Waals surface area contributed by atoms with Gasteiger partial charge in [0.1, 0.15) is 11.5 Å². The van der Waals surface area contributed by atoms with Gasteiger partial charge >= 0.3 is 0 Å². The Labute approximate surface area is 117 Å². The predicted molar refractivity (Wildman–Crippen MR) is 73.5 cm³/mol. The normalized spacial score (nSPS) is 12.2. The maximum absolute atomic E-state index is 13.0. The molecule has 2 aromatic rings. The van der Waals surface area contributed by atoms with Gasteiger partial charge in [0.05, 0.1) is 12.2 Å². The number of hydrogen-bond acceptors (Lipinski definition) is 3. The molecule has 1 atom stereocenters. The maximum Gasteiger partial charge on any atom is 0.271 e. The minimum Gasteiger partial charge on any atom is -0.344 e. The lowest BCUT2D eigenvalue weighted by atomic mass is 9.96. The van der Waals surface area contributed by atoms with Crippen LogP contribution in [0.2, 0.25) is 0 Å². The highest BCUT2D eigenvalue weighted by Crippen LogP contribution is 2.22. The van der Waals surface area contributed by atoms with Crippen LogP contribution in [0, 0.1) is 11.7 Å². The summed E-state index contributed by atoms with van der Waals surface area (Å²) < 4.78 is 13.0. The third-order valence-corrected chi connectivity index (χ3v) is 2.98. The molecule has 2 rings (SSSR count). The largest absolute Gasteiger partial charge is 0.344 e. The molecule has 1 aromatic carbocycles. The van der Waals surface area contributed by atoms with E-state index in [1.807, 2.05) is 13.8 Å². The summed E-state index contributed by atoms with van der Waals surface area (Å²) in [6.45, 7) is 3.98. The average molecular weight is 273 g/mol. The van der Waals surface area contributed by atoms with Crippen molar-refractivity contribution in [2.24, 2.45) is 5.92 Å². The van der Waals surface area contributed by atoms with Crippen LogP contribution in [0.3, 0.4) is 0 Å². The van der Waals surface area contributed by atoms with Crippen molar-refractivity contribution in [1.82, 2.24) is 15.3 Å². The number of amides is 1. The van der Waals surface area contributed by atoms with Crippen LogP contribution in [0.25, 0.3) is 0 Å². The molecule has 5 heteroatoms. The van der Waals surface area contributed by atoms with Crippen molar-refractivity contribution < 1.29 is 9.18 Å². The van der Waals surface area contributed by atoms with Crippen LogP contribution in [0.4, 0.5) is 4.39 Å². The number of rotatable bonds is 4. The van der Waals surface area contributed by atoms with Gasteiger partial charge in [-0.25, -0.2) is 9.37 Å². The number of nitrogens with zero attached hydrogens (tertiary/aromatic N) is 2. The summed E-state index contributed by atoms with van der Waals surface area (Å²) in [5, 5.41) is 2.90. The van der Waals surface area contributed by atoms with E-state index >= 15 is 0 Å². The van der Waals surface area contributed by atoms with Crippen LogP contribution in [-0.4, -0.2) is 15.9 Å². The molecule has 0 radical (unpaired) electrons. The van der Waals surface area contributed by atoms with E-state index in [2.05, 4.69) is 15.3 Å². The highest BCUT2D eigenvalue weighted by atomic mass is 19.1. The van der Waals surface area contributed by atoms with Crippen molar-refractivity contribution in [3.63, 3.8) is 0 Å². The third-order valence-electron chi connectivity index (χ3n) is 2.98. The van der Waals surface area contributed by atoms with E-state index in [1.54, 1.807) is 12.1 Å². The van der Waals surface area contributed by atoms with Crippen LogP contribution in [0.5, 0.6) is 0 Å². The second kappa shape index (κ2) is 6.23. The van der Waals surface area contributed by atoms with Crippen LogP contribution in [-0.2, 0) is 0 Å². The van der Waals surface area contributed by atoms with Gasteiger partial charge < -0.3 is 5.32 Å². The van der Waals surface area contributed by atoms with Crippen molar-refractivity contribution in [2.75, 3.05) is 0 Å². The summed E-state index contributed by atoms with van der Waals surface area (Å²) in [6, 6.07) is 5.93. The molecule has 0 aliphatic heterocycles. The lowest BCUT2D eigenvalue weighted by Gasteiger charge is -2.22. The van der Waals surface area contributed by atoms with Gasteiger partial charge in [0, 0.05) is 12.4 Å². The lowest BCUT2D eigenvalue weighted by molar-refractivity contribution is 0.0920. The number of hydrogen-bond donors (Lipinski definition) is 1. The molecule has 0 saturated carbocycles. The van der Waals surface area contributed by atoms with Crippen LogP contribution < -0.4 is 5.32 Å². The van der Waals surface area contributed by atoms with E-state index in [-0.39, 0.29) is 29.4 Å². The fourth-order valence-electron chi connectivity index (χ4n) is 1.94. The second-order valence-corrected chi connectivity index (χ2v) is 4.84. The van der Waals surface area contributed by atoms with Gasteiger partial charge in [-0.3, -0.25) is 9.78 Å². The minimum absolute atomic E-state index is 0.168. The van der Waals surface area contributed by atoms with Crippen molar-refractivity contribution in [2.45, 2.75) is 19.9 Å². The van der Waals surface area contributed by atoms with Gasteiger partial charge in [0.2, 0.25) is 0 Å². The first kappa shape index (κ1) is 14.1. The molecule has 0 spiro atoms. The number of carbonyl (C=O) groups excluding carboxylic acids is 1. The zero-order valence-corrected chi connectivity index (χ0v) is 11.4. The first-order valence-electron chi connectivity index (χ1n) is 6.40. The fraction of sp³-hybridized carbons (Fsp3) is 0.267. The SMILES string of the molecule is CC(C)C(NC(=O)c1cnccn1)c1ccc(F)cc1. The Morgan fingerprint density at radius 2 is 1.90 bits per heavy atom. The van der Waals surface area contributed by atoms with E-state index in [0.717, 1.165) is 5.56 Å². The summed E-state index contributed by atoms with van der Waals surface area (Å²) >= 11 is 0. The number of nitrogens with one attached hydrogen (secondary N) is 1. The molecule has 1 amide bonds. The van der Waals surface area contributed by atoms with Gasteiger partial charge in [-0.05, 0) is 23.6 Å². The molecule has 1 aromatic heterocycles. The molecule has 104 valence electrons. The molecule has 1 unspecified atom stereocenters. The average Bonchev–Trinajstić information content (AvgIpc) is 2.46. The van der Waals surface area contributed by atoms with Gasteiger partial charge in [0.25, 0.3) is 5.91 Å². The molecule has 0 saturated heterocycles. The Morgan fingerprint density at radius 1 is 1.20 bits per heavy atom. The van der Waals surface area contributed by atoms with E-state index in [4.69, 9.17) is 0 Å². The lowest BCUT2D eigenvalue weighted by Crippen LogP contribution is -2.32. The Morgan fingerprint density at radius 3 is 2.45 bits per heavy atom. The Kier molecular flexibility index (Phi) is 4.40. The Balaban J connectivity index is 2.18. The molecule has 0 aliphatic carbocycles. The Bertz CT molecular complexity index is 569. The van der Waals surface area contributed by atoms with E-state index in [0.29, 0.717) is 0 Å². The molecule has 0 bridgehead atoms. The zero-order chi connectivity index (χ0) is 14.5. The smallest absolute Gasteiger partial charge is 0.271 e. The molecular formula is C15H16FN3O. The number of carbonyl (C=O) groups is 1. The Hall–Kier alpha value is -2.30. The molecular weight excluding hydrogens is 257 g/mol. The molecule has 0 aliphatic rings. The van der Waals surface area contributed by atoms with Crippen molar-refractivity contribution >= 4 is 5.91 Å². The topological polar surface area (TPSA) is 54.9 Å². The standard InChI is InChI=1S/C15H16FN3O/c1-10(2)14(11-3-5-12(16)6-4-11)19-15(20)13-9-17-7-8-18-13/h3-10,14H,1-2H3,(H,19,20). The van der Waals surface area contributed by atoms with E-state index in [1.165, 1.54) is 30.7 Å². The summed E-state index contributed by atoms with van der Waals surface area (Å²) in [5.74, 6) is -0.418. The van der Waals surface area contributed by atoms with E-state index < -0.39 is 0 Å². The minimum atomic E-state index is -0.295. The van der Waals surface area contributed by atoms with Crippen LogP contribution in [0.15, 0.2) is 42.9 Å². The highest BCUT2D eigenvalue weighted by molar-refractivity contribution is 5.92. The van der Waals surface area contributed by atoms with Gasteiger partial charge in [0.15, 0.2) is 0 Å². The highest BCUT2D eigenvalue weighted by Gasteiger charge is 2.19. The van der Waals surface area contributed by atoms with Gasteiger partial charge in [-0.2, -0.15) is 0 Å². The molecule has 1 N–H and O–H groups in total. The van der Waals surface area contributed by atoms with Crippen molar-refractivity contribution in [3.8, 4) is 0 Å². The van der Waals surface area contributed by atoms with Crippen molar-refractivity contribution in [1.29, 1.82) is 0 Å². The predicted octanol–water partition coefficient (Wildman–Crippen LogP) is 2.74. The van der Waals surface area contributed by atoms with Gasteiger partial charge in [-0.1, -0.05) is 26.0 Å². The number of benzene rings is 1. The molecule has 4 nitrogen and oxygen atoms in total. The summed E-state index contributed by atoms with van der Waals surface area (Å²) in [5.41, 5.74) is 1.12. The van der Waals surface area contributed by atoms with Crippen LogP contribution in [0.1, 0.15) is 35.9 Å². The first-order valence-corrected chi connectivity index (χ1v) is 6.40. The molecule has 20 heavy (non-hydrogen) atoms. The van der Waals surface area contributed by atoms with Gasteiger partial charge in [-0.15, -0.1) is 0 Å². The quantitative estimate of drug-likeness (QED) is 0.932. The monoisotopic (exact) mass is 273 g/mol. The summed E-state index contributed by atoms with van der Waals surface area (Å²) in [4.78, 5) is 19.9. The molecule has 0 fully saturated rings. The third kappa shape index (κ3) is 3.38. The van der Waals surface area contributed by atoms with Crippen LogP contribution >= 0.6 is 0 Å². The summed E-state index contributed by atoms with van der Waals surface area (Å²) in [6.07, 6.45) is 4.39. The number of halogens is 1. The second-order valence-electron chi connectivity index (χ2n) is 4.84. The zero-order valence-electron chi connectivity index (χ0n) is 11.4. The number of aromatic nitrogens is 2.